The van der Waals surface area contributed by atoms with Gasteiger partial charge in [-0.15, -0.1) is 0 Å². The number of hydrogen-bond donors (Lipinski definition) is 0. The zero-order valence-corrected chi connectivity index (χ0v) is 13.3. The summed E-state index contributed by atoms with van der Waals surface area (Å²) in [7, 11) is 0. The number of benzene rings is 1. The van der Waals surface area contributed by atoms with E-state index in [0.29, 0.717) is 5.92 Å². The van der Waals surface area contributed by atoms with E-state index in [0.717, 1.165) is 12.8 Å². The first kappa shape index (κ1) is 15.6. The molecule has 0 spiro atoms. The van der Waals surface area contributed by atoms with Gasteiger partial charge in [-0.2, -0.15) is 0 Å². The van der Waals surface area contributed by atoms with Crippen LogP contribution in [0.5, 0.6) is 0 Å². The van der Waals surface area contributed by atoms with E-state index in [4.69, 9.17) is 0 Å². The van der Waals surface area contributed by atoms with E-state index in [1.54, 1.807) is 5.57 Å². The molecule has 0 bridgehead atoms. The molecule has 1 aromatic rings. The van der Waals surface area contributed by atoms with Gasteiger partial charge in [-0.05, 0) is 48.3 Å². The molecule has 0 radical (unpaired) electrons. The Morgan fingerprint density at radius 2 is 2.05 bits per heavy atom. The van der Waals surface area contributed by atoms with Crippen molar-refractivity contribution in [3.63, 3.8) is 0 Å². The molecule has 0 saturated heterocycles. The molecule has 112 valence electrons. The molecule has 0 saturated carbocycles. The van der Waals surface area contributed by atoms with Crippen LogP contribution in [0, 0.1) is 5.92 Å². The predicted octanol–water partition coefficient (Wildman–Crippen LogP) is 6.67. The molecule has 0 amide bonds. The molecule has 0 aromatic heterocycles. The van der Waals surface area contributed by atoms with Crippen molar-refractivity contribution in [1.82, 2.24) is 0 Å². The molecule has 1 aromatic carbocycles. The second-order valence-electron chi connectivity index (χ2n) is 6.14. The Kier molecular flexibility index (Phi) is 5.80. The summed E-state index contributed by atoms with van der Waals surface area (Å²) in [4.78, 5) is 0. The van der Waals surface area contributed by atoms with Gasteiger partial charge in [-0.3, -0.25) is 0 Å². The third kappa shape index (κ3) is 5.23. The summed E-state index contributed by atoms with van der Waals surface area (Å²) in [5, 5.41) is 0. The topological polar surface area (TPSA) is 0 Å². The van der Waals surface area contributed by atoms with Crippen LogP contribution in [-0.4, -0.2) is 0 Å². The molecule has 0 atom stereocenters. The summed E-state index contributed by atoms with van der Waals surface area (Å²) in [5.74, 6) is 0.596. The first-order valence-electron chi connectivity index (χ1n) is 7.96. The third-order valence-electron chi connectivity index (χ3n) is 3.82. The summed E-state index contributed by atoms with van der Waals surface area (Å²) in [6, 6.07) is 8.75. The van der Waals surface area contributed by atoms with Gasteiger partial charge in [0, 0.05) is 1.43 Å². The lowest BCUT2D eigenvalue weighted by atomic mass is 9.98. The maximum absolute atomic E-state index is 4.24. The van der Waals surface area contributed by atoms with Gasteiger partial charge in [0.25, 0.3) is 0 Å². The maximum Gasteiger partial charge on any atom is 0 e. The Hall–Kier alpha value is -1.82. The van der Waals surface area contributed by atoms with Gasteiger partial charge in [0.2, 0.25) is 0 Å². The van der Waals surface area contributed by atoms with E-state index >= 15 is 0 Å². The fraction of sp³-hybridized carbons (Fsp3) is 0.333. The Morgan fingerprint density at radius 3 is 2.67 bits per heavy atom. The number of allylic oxidation sites excluding steroid dienone is 6. The fourth-order valence-electron chi connectivity index (χ4n) is 2.48. The zero-order chi connectivity index (χ0) is 15.1. The van der Waals surface area contributed by atoms with Gasteiger partial charge in [-0.25, -0.2) is 0 Å². The predicted molar refractivity (Wildman–Crippen MR) is 97.2 cm³/mol. The third-order valence-corrected chi connectivity index (χ3v) is 3.82. The van der Waals surface area contributed by atoms with E-state index in [2.05, 4.69) is 75.1 Å². The van der Waals surface area contributed by atoms with Crippen LogP contribution >= 0.6 is 0 Å². The summed E-state index contributed by atoms with van der Waals surface area (Å²) >= 11 is 0. The quantitative estimate of drug-likeness (QED) is 0.523. The Bertz CT molecular complexity index is 556. The van der Waals surface area contributed by atoms with Crippen molar-refractivity contribution in [2.45, 2.75) is 39.5 Å². The SMILES string of the molecule is C=C(CCCC1=CC=CC1)c1ccc(/C=C/C(C)C)cc1.[HH]. The lowest BCUT2D eigenvalue weighted by Gasteiger charge is -2.07. The van der Waals surface area contributed by atoms with Crippen molar-refractivity contribution >= 4 is 11.6 Å². The minimum absolute atomic E-state index is 0. The Morgan fingerprint density at radius 1 is 1.29 bits per heavy atom. The molecule has 0 nitrogen and oxygen atoms in total. The van der Waals surface area contributed by atoms with Crippen molar-refractivity contribution in [1.29, 1.82) is 0 Å². The van der Waals surface area contributed by atoms with Gasteiger partial charge < -0.3 is 0 Å². The first-order valence-corrected chi connectivity index (χ1v) is 7.96. The molecular weight excluding hydrogens is 252 g/mol. The molecule has 1 aliphatic carbocycles. The standard InChI is InChI=1S/C21H26.H2/c1-17(2)11-12-20-13-15-21(16-14-20)18(3)7-6-10-19-8-4-5-9-19;/h4-5,8,11-17H,3,6-7,9-10H2,1-2H3;1H/b12-11+;. The van der Waals surface area contributed by atoms with Gasteiger partial charge >= 0.3 is 0 Å². The maximum atomic E-state index is 4.24. The first-order chi connectivity index (χ1) is 10.1. The second kappa shape index (κ2) is 7.83. The summed E-state index contributed by atoms with van der Waals surface area (Å²) < 4.78 is 0. The average Bonchev–Trinajstić information content (AvgIpc) is 2.99. The molecule has 0 unspecified atom stereocenters. The monoisotopic (exact) mass is 280 g/mol. The highest BCUT2D eigenvalue weighted by Gasteiger charge is 2.02. The smallest absolute Gasteiger partial charge is 0 e. The lowest BCUT2D eigenvalue weighted by molar-refractivity contribution is 0.831. The van der Waals surface area contributed by atoms with Crippen LogP contribution in [0.4, 0.5) is 0 Å². The molecule has 0 heteroatoms. The van der Waals surface area contributed by atoms with Gasteiger partial charge in [-0.1, -0.05) is 80.6 Å². The van der Waals surface area contributed by atoms with Gasteiger partial charge in [0.15, 0.2) is 0 Å². The molecule has 0 aliphatic heterocycles. The lowest BCUT2D eigenvalue weighted by Crippen LogP contribution is -1.86. The van der Waals surface area contributed by atoms with Gasteiger partial charge in [0.05, 0.1) is 0 Å². The normalized spacial score (nSPS) is 14.1. The minimum atomic E-state index is 0. The van der Waals surface area contributed by atoms with Crippen LogP contribution in [0.3, 0.4) is 0 Å². The average molecular weight is 280 g/mol. The van der Waals surface area contributed by atoms with Crippen molar-refractivity contribution in [3.05, 3.63) is 71.8 Å². The summed E-state index contributed by atoms with van der Waals surface area (Å²) in [6.45, 7) is 8.63. The van der Waals surface area contributed by atoms with Crippen LogP contribution in [0.15, 0.2) is 60.7 Å². The molecule has 1 aliphatic rings. The molecule has 2 rings (SSSR count). The Labute approximate surface area is 131 Å². The van der Waals surface area contributed by atoms with Crippen LogP contribution in [0.2, 0.25) is 0 Å². The number of rotatable bonds is 7. The van der Waals surface area contributed by atoms with Crippen molar-refractivity contribution in [2.75, 3.05) is 0 Å². The minimum Gasteiger partial charge on any atom is -0.0952 e. The van der Waals surface area contributed by atoms with E-state index in [1.165, 1.54) is 29.5 Å². The highest BCUT2D eigenvalue weighted by molar-refractivity contribution is 5.65. The van der Waals surface area contributed by atoms with E-state index in [9.17, 15) is 0 Å². The van der Waals surface area contributed by atoms with Crippen LogP contribution in [0.1, 0.15) is 52.1 Å². The molecule has 0 heterocycles. The molecule has 0 N–H and O–H groups in total. The molecule has 0 fully saturated rings. The molecule has 21 heavy (non-hydrogen) atoms. The fourth-order valence-corrected chi connectivity index (χ4v) is 2.48. The second-order valence-corrected chi connectivity index (χ2v) is 6.14. The van der Waals surface area contributed by atoms with Crippen LogP contribution in [0.25, 0.3) is 11.6 Å². The van der Waals surface area contributed by atoms with Gasteiger partial charge in [0.1, 0.15) is 0 Å². The van der Waals surface area contributed by atoms with Crippen LogP contribution < -0.4 is 0 Å². The van der Waals surface area contributed by atoms with E-state index in [1.807, 2.05) is 0 Å². The van der Waals surface area contributed by atoms with Crippen molar-refractivity contribution in [3.8, 4) is 0 Å². The highest BCUT2D eigenvalue weighted by atomic mass is 14.1. The molecular formula is C21H28. The summed E-state index contributed by atoms with van der Waals surface area (Å²) in [6.07, 6.45) is 15.7. The largest absolute Gasteiger partial charge is 0.0952 e. The number of hydrogen-bond acceptors (Lipinski definition) is 0. The van der Waals surface area contributed by atoms with E-state index < -0.39 is 0 Å². The van der Waals surface area contributed by atoms with E-state index in [-0.39, 0.29) is 1.43 Å². The Balaban J connectivity index is 0.00000242. The van der Waals surface area contributed by atoms with Crippen molar-refractivity contribution in [2.24, 2.45) is 5.92 Å². The van der Waals surface area contributed by atoms with Crippen molar-refractivity contribution < 1.29 is 1.43 Å². The zero-order valence-electron chi connectivity index (χ0n) is 13.3. The van der Waals surface area contributed by atoms with Crippen LogP contribution in [-0.2, 0) is 0 Å². The summed E-state index contributed by atoms with van der Waals surface area (Å²) in [5.41, 5.74) is 5.34. The highest BCUT2D eigenvalue weighted by Crippen LogP contribution is 2.23.